The van der Waals surface area contributed by atoms with Crippen LogP contribution in [0.15, 0.2) is 12.1 Å². The van der Waals surface area contributed by atoms with Crippen LogP contribution in [-0.2, 0) is 0 Å². The smallest absolute Gasteiger partial charge is 0.138 e. The van der Waals surface area contributed by atoms with Crippen LogP contribution in [0.5, 0.6) is 0 Å². The van der Waals surface area contributed by atoms with Gasteiger partial charge in [-0.25, -0.2) is 4.39 Å². The van der Waals surface area contributed by atoms with Crippen molar-refractivity contribution in [3.8, 4) is 0 Å². The molecule has 0 amide bonds. The normalized spacial score (nSPS) is 27.1. The van der Waals surface area contributed by atoms with E-state index in [0.717, 1.165) is 24.5 Å². The van der Waals surface area contributed by atoms with E-state index in [2.05, 4.69) is 17.1 Å². The number of hydrogen-bond donors (Lipinski definition) is 1. The molecule has 1 saturated heterocycles. The second-order valence-electron chi connectivity index (χ2n) is 5.04. The van der Waals surface area contributed by atoms with Gasteiger partial charge in [0.15, 0.2) is 0 Å². The molecule has 2 nitrogen and oxygen atoms in total. The van der Waals surface area contributed by atoms with Gasteiger partial charge < -0.3 is 10.2 Å². The van der Waals surface area contributed by atoms with Crippen LogP contribution in [0.3, 0.4) is 0 Å². The Balaban J connectivity index is 2.03. The Labute approximate surface area is 115 Å². The molecule has 1 aromatic carbocycles. The molecule has 4 heteroatoms. The van der Waals surface area contributed by atoms with Crippen LogP contribution in [-0.4, -0.2) is 19.1 Å². The van der Waals surface area contributed by atoms with E-state index < -0.39 is 0 Å². The molecule has 0 saturated carbocycles. The van der Waals surface area contributed by atoms with Crippen molar-refractivity contribution in [2.75, 3.05) is 23.3 Å². The zero-order valence-corrected chi connectivity index (χ0v) is 12.0. The molecule has 0 bridgehead atoms. The van der Waals surface area contributed by atoms with Gasteiger partial charge in [-0.05, 0) is 47.4 Å². The molecule has 0 spiro atoms. The van der Waals surface area contributed by atoms with Gasteiger partial charge in [0.1, 0.15) is 5.82 Å². The third kappa shape index (κ3) is 1.90. The molecule has 92 valence electrons. The standard InChI is InChI=1S/C13H16FIN2/c1-8-3-2-4-17-12-5-9(14)10(15)6-11(12)16-7-13(8)17/h5-6,8,13,16H,2-4,7H2,1H3. The van der Waals surface area contributed by atoms with Crippen LogP contribution >= 0.6 is 22.6 Å². The van der Waals surface area contributed by atoms with Crippen LogP contribution in [0.2, 0.25) is 0 Å². The number of piperidine rings is 1. The maximum absolute atomic E-state index is 13.7. The third-order valence-electron chi connectivity index (χ3n) is 3.97. The van der Waals surface area contributed by atoms with E-state index in [1.807, 2.05) is 28.7 Å². The summed E-state index contributed by atoms with van der Waals surface area (Å²) in [4.78, 5) is 2.39. The Kier molecular flexibility index (Phi) is 2.92. The molecule has 0 aromatic heterocycles. The number of fused-ring (bicyclic) bond motifs is 3. The first-order valence-corrected chi connectivity index (χ1v) is 7.24. The highest BCUT2D eigenvalue weighted by atomic mass is 127. The topological polar surface area (TPSA) is 15.3 Å². The predicted molar refractivity (Wildman–Crippen MR) is 77.1 cm³/mol. The molecule has 0 aliphatic carbocycles. The minimum atomic E-state index is -0.106. The van der Waals surface area contributed by atoms with E-state index in [1.165, 1.54) is 12.8 Å². The SMILES string of the molecule is CC1CCCN2c3cc(F)c(I)cc3NCC12. The van der Waals surface area contributed by atoms with Crippen molar-refractivity contribution in [2.45, 2.75) is 25.8 Å². The predicted octanol–water partition coefficient (Wildman–Crippen LogP) is 3.46. The average molecular weight is 346 g/mol. The van der Waals surface area contributed by atoms with E-state index in [1.54, 1.807) is 6.07 Å². The molecule has 1 fully saturated rings. The Hall–Kier alpha value is -0.520. The van der Waals surface area contributed by atoms with Gasteiger partial charge in [0.25, 0.3) is 0 Å². The van der Waals surface area contributed by atoms with Crippen LogP contribution in [0.1, 0.15) is 19.8 Å². The molecule has 17 heavy (non-hydrogen) atoms. The second kappa shape index (κ2) is 4.30. The summed E-state index contributed by atoms with van der Waals surface area (Å²) in [5.41, 5.74) is 2.13. The van der Waals surface area contributed by atoms with E-state index in [9.17, 15) is 4.39 Å². The van der Waals surface area contributed by atoms with Crippen molar-refractivity contribution >= 4 is 34.0 Å². The molecular formula is C13H16FIN2. The van der Waals surface area contributed by atoms with Gasteiger partial charge in [-0.3, -0.25) is 0 Å². The summed E-state index contributed by atoms with van der Waals surface area (Å²) in [5.74, 6) is 0.580. The van der Waals surface area contributed by atoms with Gasteiger partial charge in [-0.2, -0.15) is 0 Å². The molecule has 2 unspecified atom stereocenters. The first-order chi connectivity index (χ1) is 8.16. The highest BCUT2D eigenvalue weighted by Crippen LogP contribution is 2.38. The Morgan fingerprint density at radius 3 is 3.12 bits per heavy atom. The number of halogens is 2. The summed E-state index contributed by atoms with van der Waals surface area (Å²) in [6.07, 6.45) is 2.50. The fourth-order valence-electron chi connectivity index (χ4n) is 2.99. The molecule has 0 radical (unpaired) electrons. The zero-order chi connectivity index (χ0) is 12.0. The molecule has 3 rings (SSSR count). The summed E-state index contributed by atoms with van der Waals surface area (Å²) < 4.78 is 14.4. The summed E-state index contributed by atoms with van der Waals surface area (Å²) in [6, 6.07) is 4.13. The van der Waals surface area contributed by atoms with Gasteiger partial charge in [0.05, 0.1) is 14.9 Å². The highest BCUT2D eigenvalue weighted by Gasteiger charge is 2.33. The fourth-order valence-corrected chi connectivity index (χ4v) is 3.46. The van der Waals surface area contributed by atoms with Crippen molar-refractivity contribution in [3.63, 3.8) is 0 Å². The molecule has 2 atom stereocenters. The number of nitrogens with one attached hydrogen (secondary N) is 1. The lowest BCUT2D eigenvalue weighted by Crippen LogP contribution is -2.51. The van der Waals surface area contributed by atoms with Crippen molar-refractivity contribution < 1.29 is 4.39 Å². The molecule has 2 aliphatic heterocycles. The molecular weight excluding hydrogens is 330 g/mol. The number of benzene rings is 1. The number of nitrogens with zero attached hydrogens (tertiary/aromatic N) is 1. The molecule has 1 aromatic rings. The van der Waals surface area contributed by atoms with E-state index in [-0.39, 0.29) is 5.82 Å². The third-order valence-corrected chi connectivity index (χ3v) is 4.79. The number of hydrogen-bond acceptors (Lipinski definition) is 2. The van der Waals surface area contributed by atoms with Crippen LogP contribution in [0.25, 0.3) is 0 Å². The second-order valence-corrected chi connectivity index (χ2v) is 6.21. The van der Waals surface area contributed by atoms with E-state index in [4.69, 9.17) is 0 Å². The van der Waals surface area contributed by atoms with Gasteiger partial charge >= 0.3 is 0 Å². The maximum Gasteiger partial charge on any atom is 0.138 e. The van der Waals surface area contributed by atoms with Crippen molar-refractivity contribution in [1.29, 1.82) is 0 Å². The Bertz CT molecular complexity index is 449. The van der Waals surface area contributed by atoms with Crippen LogP contribution in [0.4, 0.5) is 15.8 Å². The lowest BCUT2D eigenvalue weighted by molar-refractivity contribution is 0.350. The molecule has 2 heterocycles. The quantitative estimate of drug-likeness (QED) is 0.724. The first kappa shape index (κ1) is 11.6. The lowest BCUT2D eigenvalue weighted by Gasteiger charge is -2.45. The van der Waals surface area contributed by atoms with Crippen LogP contribution in [0, 0.1) is 15.3 Å². The van der Waals surface area contributed by atoms with Crippen molar-refractivity contribution in [2.24, 2.45) is 5.92 Å². The molecule has 1 N–H and O–H groups in total. The largest absolute Gasteiger partial charge is 0.381 e. The minimum Gasteiger partial charge on any atom is -0.381 e. The Morgan fingerprint density at radius 2 is 2.29 bits per heavy atom. The summed E-state index contributed by atoms with van der Waals surface area (Å²) >= 11 is 2.05. The van der Waals surface area contributed by atoms with Gasteiger partial charge in [0, 0.05) is 25.2 Å². The first-order valence-electron chi connectivity index (χ1n) is 6.16. The summed E-state index contributed by atoms with van der Waals surface area (Å²) in [5, 5.41) is 3.45. The fraction of sp³-hybridized carbons (Fsp3) is 0.538. The monoisotopic (exact) mass is 346 g/mol. The minimum absolute atomic E-state index is 0.106. The molecule has 2 aliphatic rings. The summed E-state index contributed by atoms with van der Waals surface area (Å²) in [7, 11) is 0. The average Bonchev–Trinajstić information content (AvgIpc) is 2.31. The number of rotatable bonds is 0. The van der Waals surface area contributed by atoms with E-state index >= 15 is 0 Å². The summed E-state index contributed by atoms with van der Waals surface area (Å²) in [6.45, 7) is 4.34. The van der Waals surface area contributed by atoms with Crippen molar-refractivity contribution in [1.82, 2.24) is 0 Å². The van der Waals surface area contributed by atoms with Crippen LogP contribution < -0.4 is 10.2 Å². The maximum atomic E-state index is 13.7. The number of anilines is 2. The van der Waals surface area contributed by atoms with Gasteiger partial charge in [-0.1, -0.05) is 6.92 Å². The van der Waals surface area contributed by atoms with E-state index in [0.29, 0.717) is 15.5 Å². The van der Waals surface area contributed by atoms with Crippen molar-refractivity contribution in [3.05, 3.63) is 21.5 Å². The lowest BCUT2D eigenvalue weighted by atomic mass is 9.88. The van der Waals surface area contributed by atoms with Gasteiger partial charge in [0.2, 0.25) is 0 Å². The zero-order valence-electron chi connectivity index (χ0n) is 9.84. The Morgan fingerprint density at radius 1 is 1.47 bits per heavy atom. The highest BCUT2D eigenvalue weighted by molar-refractivity contribution is 14.1. The van der Waals surface area contributed by atoms with Gasteiger partial charge in [-0.15, -0.1) is 0 Å².